The number of aromatic nitrogens is 2. The van der Waals surface area contributed by atoms with Gasteiger partial charge < -0.3 is 83.2 Å². The second-order valence-electron chi connectivity index (χ2n) is 21.3. The Kier molecular flexibility index (Phi) is 26.4. The van der Waals surface area contributed by atoms with Gasteiger partial charge in [-0.2, -0.15) is 0 Å². The van der Waals surface area contributed by atoms with Crippen molar-refractivity contribution >= 4 is 29.8 Å². The standard InChI is InChI=1S/C53H87N5O22/c1-10-11-12-13-14-15-16-17-18-19-20-30(75-34(60)23-28(2)24-35(61)78-52-47(72-8)46(71-7)43(70-6)29(3)74-52)25-36(62)76-32-27-56(4)38(48(67)57(5)37(32)50(68)73-9)44(80-51-42(66)39(63)31(26-54)77-51)45-40(64)41(65)49(79-45)58-22-21-33(59)55-53(58)69/h21-22,28-32,37-47,49,51-52,63-66H,10-20,23-27,54H2,1-9H3,(H,55,59,69). The molecule has 19 unspecified atom stereocenters. The fourth-order valence-electron chi connectivity index (χ4n) is 11.0. The van der Waals surface area contributed by atoms with Gasteiger partial charge in [-0.15, -0.1) is 0 Å². The minimum Gasteiger partial charge on any atom is -0.467 e. The van der Waals surface area contributed by atoms with E-state index in [4.69, 9.17) is 57.8 Å². The third-order valence-electron chi connectivity index (χ3n) is 15.3. The number of rotatable bonds is 30. The number of esters is 4. The van der Waals surface area contributed by atoms with Gasteiger partial charge in [0.15, 0.2) is 18.6 Å². The molecular formula is C53H87N5O22. The molecular weight excluding hydrogens is 1060 g/mol. The van der Waals surface area contributed by atoms with Gasteiger partial charge in [0.1, 0.15) is 79.3 Å². The summed E-state index contributed by atoms with van der Waals surface area (Å²) in [7, 11) is 8.11. The Labute approximate surface area is 465 Å². The highest BCUT2D eigenvalue weighted by Crippen LogP contribution is 2.37. The molecule has 4 fully saturated rings. The van der Waals surface area contributed by atoms with Crippen LogP contribution in [-0.2, 0) is 76.1 Å². The smallest absolute Gasteiger partial charge is 0.332 e. The minimum absolute atomic E-state index is 0.202. The number of aromatic amines is 1. The largest absolute Gasteiger partial charge is 0.467 e. The van der Waals surface area contributed by atoms with E-state index in [9.17, 15) is 54.0 Å². The summed E-state index contributed by atoms with van der Waals surface area (Å²) in [6, 6.07) is -2.29. The fraction of sp³-hybridized carbons (Fsp3) is 0.830. The Morgan fingerprint density at radius 3 is 1.95 bits per heavy atom. The third-order valence-corrected chi connectivity index (χ3v) is 15.3. The van der Waals surface area contributed by atoms with E-state index in [0.29, 0.717) is 6.42 Å². The molecule has 7 N–H and O–H groups in total. The lowest BCUT2D eigenvalue weighted by atomic mass is 9.97. The van der Waals surface area contributed by atoms with Crippen molar-refractivity contribution in [1.29, 1.82) is 0 Å². The Bertz CT molecular complexity index is 2260. The molecule has 5 heterocycles. The van der Waals surface area contributed by atoms with Crippen molar-refractivity contribution in [1.82, 2.24) is 19.4 Å². The molecule has 0 spiro atoms. The molecule has 5 rings (SSSR count). The van der Waals surface area contributed by atoms with Crippen molar-refractivity contribution in [2.45, 2.75) is 221 Å². The highest BCUT2D eigenvalue weighted by molar-refractivity contribution is 5.89. The van der Waals surface area contributed by atoms with Crippen LogP contribution in [0.1, 0.15) is 117 Å². The molecule has 27 heteroatoms. The lowest BCUT2D eigenvalue weighted by molar-refractivity contribution is -0.297. The molecule has 0 saturated carbocycles. The predicted molar refractivity (Wildman–Crippen MR) is 279 cm³/mol. The van der Waals surface area contributed by atoms with Crippen molar-refractivity contribution in [3.05, 3.63) is 33.1 Å². The van der Waals surface area contributed by atoms with Gasteiger partial charge in [-0.1, -0.05) is 71.6 Å². The number of H-pyrrole nitrogens is 1. The number of likely N-dealkylation sites (N-methyl/N-ethyl adjacent to an activating group) is 2. The fourth-order valence-corrected chi connectivity index (χ4v) is 11.0. The van der Waals surface area contributed by atoms with E-state index in [0.717, 1.165) is 67.4 Å². The number of amides is 1. The Balaban J connectivity index is 1.34. The SMILES string of the molecule is CCCCCCCCCCCCC(CC(=O)OC1CN(C)C(C(OC2OC(CN)C(O)C2O)C2OC(n3ccc(=O)[nH]c3=O)C(O)C2O)C(=O)N(C)C1C(=O)OC)OC(=O)CC(C)CC(=O)OC1OC(C)C(OC)C(OC)C1OC. The summed E-state index contributed by atoms with van der Waals surface area (Å²) in [5.41, 5.74) is 4.00. The molecule has 0 bridgehead atoms. The molecule has 456 valence electrons. The first-order valence-corrected chi connectivity index (χ1v) is 27.7. The molecule has 1 aromatic heterocycles. The van der Waals surface area contributed by atoms with E-state index in [-0.39, 0.29) is 25.8 Å². The van der Waals surface area contributed by atoms with Crippen LogP contribution in [0.5, 0.6) is 0 Å². The van der Waals surface area contributed by atoms with Crippen molar-refractivity contribution in [2.75, 3.05) is 55.6 Å². The van der Waals surface area contributed by atoms with Crippen LogP contribution in [0.15, 0.2) is 21.9 Å². The number of aliphatic hydroxyl groups excluding tert-OH is 4. The number of methoxy groups -OCH3 is 4. The summed E-state index contributed by atoms with van der Waals surface area (Å²) in [5, 5.41) is 44.7. The summed E-state index contributed by atoms with van der Waals surface area (Å²) in [4.78, 5) is 98.8. The normalized spacial score (nSPS) is 32.2. The second-order valence-corrected chi connectivity index (χ2v) is 21.3. The van der Waals surface area contributed by atoms with Crippen LogP contribution < -0.4 is 17.0 Å². The zero-order valence-electron chi connectivity index (χ0n) is 47.5. The monoisotopic (exact) mass is 1150 g/mol. The number of unbranched alkanes of at least 4 members (excludes halogenated alkanes) is 9. The van der Waals surface area contributed by atoms with Crippen LogP contribution in [0, 0.1) is 5.92 Å². The number of hydrogen-bond acceptors (Lipinski definition) is 24. The summed E-state index contributed by atoms with van der Waals surface area (Å²) < 4.78 is 64.3. The molecule has 80 heavy (non-hydrogen) atoms. The average Bonchev–Trinajstić information content (AvgIpc) is 3.82. The number of nitrogens with two attached hydrogens (primary N) is 1. The Hall–Kier alpha value is -4.49. The van der Waals surface area contributed by atoms with Gasteiger partial charge in [0.2, 0.25) is 12.2 Å². The van der Waals surface area contributed by atoms with Gasteiger partial charge in [-0.25, -0.2) is 9.59 Å². The summed E-state index contributed by atoms with van der Waals surface area (Å²) in [6.45, 7) is 4.89. The molecule has 0 aliphatic carbocycles. The molecule has 4 aliphatic rings. The molecule has 1 aromatic rings. The third kappa shape index (κ3) is 17.1. The lowest BCUT2D eigenvalue weighted by Crippen LogP contribution is -2.59. The van der Waals surface area contributed by atoms with Crippen molar-refractivity contribution < 1.29 is 96.5 Å². The first-order chi connectivity index (χ1) is 38.1. The summed E-state index contributed by atoms with van der Waals surface area (Å²) >= 11 is 0. The minimum atomic E-state index is -1.94. The molecule has 0 radical (unpaired) electrons. The number of carbonyl (C=O) groups excluding carboxylic acids is 5. The number of nitrogens with one attached hydrogen (secondary N) is 1. The maximum atomic E-state index is 14.9. The van der Waals surface area contributed by atoms with E-state index in [1.165, 1.54) is 59.6 Å². The zero-order valence-corrected chi connectivity index (χ0v) is 47.5. The van der Waals surface area contributed by atoms with Crippen LogP contribution >= 0.6 is 0 Å². The molecule has 0 aromatic carbocycles. The van der Waals surface area contributed by atoms with Gasteiger partial charge >= 0.3 is 29.6 Å². The molecule has 27 nitrogen and oxygen atoms in total. The van der Waals surface area contributed by atoms with Crippen LogP contribution in [-0.4, -0.2) is 229 Å². The molecule has 1 amide bonds. The van der Waals surface area contributed by atoms with Crippen molar-refractivity contribution in [3.63, 3.8) is 0 Å². The van der Waals surface area contributed by atoms with Crippen LogP contribution in [0.25, 0.3) is 0 Å². The van der Waals surface area contributed by atoms with Gasteiger partial charge in [-0.3, -0.25) is 38.4 Å². The highest BCUT2D eigenvalue weighted by Gasteiger charge is 2.57. The van der Waals surface area contributed by atoms with E-state index < -0.39 is 170 Å². The second kappa shape index (κ2) is 31.8. The first kappa shape index (κ1) is 66.3. The predicted octanol–water partition coefficient (Wildman–Crippen LogP) is -0.466. The number of ether oxygens (including phenoxy) is 11. The topological polar surface area (TPSA) is 355 Å². The van der Waals surface area contributed by atoms with E-state index in [1.807, 2.05) is 4.98 Å². The molecule has 4 saturated heterocycles. The summed E-state index contributed by atoms with van der Waals surface area (Å²) in [5.74, 6) is -4.78. The van der Waals surface area contributed by atoms with Crippen LogP contribution in [0.4, 0.5) is 0 Å². The maximum absolute atomic E-state index is 14.9. The molecule has 19 atom stereocenters. The van der Waals surface area contributed by atoms with Crippen LogP contribution in [0.3, 0.4) is 0 Å². The van der Waals surface area contributed by atoms with E-state index >= 15 is 0 Å². The van der Waals surface area contributed by atoms with Gasteiger partial charge in [-0.05, 0) is 32.7 Å². The van der Waals surface area contributed by atoms with Crippen LogP contribution in [0.2, 0.25) is 0 Å². The number of aliphatic hydroxyl groups is 4. The average molecular weight is 1150 g/mol. The Morgan fingerprint density at radius 1 is 0.750 bits per heavy atom. The summed E-state index contributed by atoms with van der Waals surface area (Å²) in [6.07, 6.45) is -10.7. The molecule has 4 aliphatic heterocycles. The van der Waals surface area contributed by atoms with Crippen molar-refractivity contribution in [3.8, 4) is 0 Å². The number of nitrogens with zero attached hydrogens (tertiary/aromatic N) is 3. The van der Waals surface area contributed by atoms with Gasteiger partial charge in [0.05, 0.1) is 19.6 Å². The van der Waals surface area contributed by atoms with E-state index in [2.05, 4.69) is 6.92 Å². The number of carbonyl (C=O) groups is 5. The lowest BCUT2D eigenvalue weighted by Gasteiger charge is -2.43. The Morgan fingerprint density at radius 2 is 1.36 bits per heavy atom. The van der Waals surface area contributed by atoms with Gasteiger partial charge in [0, 0.05) is 66.6 Å². The first-order valence-electron chi connectivity index (χ1n) is 27.7. The zero-order chi connectivity index (χ0) is 59.0. The van der Waals surface area contributed by atoms with Crippen molar-refractivity contribution in [2.24, 2.45) is 11.7 Å². The number of hydrogen-bond donors (Lipinski definition) is 6. The van der Waals surface area contributed by atoms with E-state index in [1.54, 1.807) is 13.8 Å². The highest BCUT2D eigenvalue weighted by atomic mass is 16.7. The quantitative estimate of drug-likeness (QED) is 0.0322. The van der Waals surface area contributed by atoms with Gasteiger partial charge in [0.25, 0.3) is 5.56 Å². The maximum Gasteiger partial charge on any atom is 0.332 e.